The van der Waals surface area contributed by atoms with Crippen LogP contribution in [0.5, 0.6) is 0 Å². The summed E-state index contributed by atoms with van der Waals surface area (Å²) in [4.78, 5) is 11.3. The van der Waals surface area contributed by atoms with Gasteiger partial charge in [0.1, 0.15) is 17.4 Å². The molecule has 1 heterocycles. The highest BCUT2D eigenvalue weighted by molar-refractivity contribution is 8.74. The summed E-state index contributed by atoms with van der Waals surface area (Å²) >= 11 is 1.01. The van der Waals surface area contributed by atoms with Crippen LogP contribution in [0.3, 0.4) is 0 Å². The van der Waals surface area contributed by atoms with Crippen LogP contribution in [-0.2, 0) is 4.18 Å². The molecule has 2 rings (SSSR count). The van der Waals surface area contributed by atoms with Gasteiger partial charge in [-0.25, -0.2) is 9.48 Å². The summed E-state index contributed by atoms with van der Waals surface area (Å²) in [5, 5.41) is 13.4. The Bertz CT molecular complexity index is 502. The van der Waals surface area contributed by atoms with Crippen molar-refractivity contribution in [1.82, 2.24) is 20.2 Å². The smallest absolute Gasteiger partial charge is 0.363 e. The standard InChI is InChI=1S/C9H9N5O2S2/c1-17-18-16-9(15)11-7-2-4-8(5-3-7)14-6-10-12-13-14/h2-6H,1H3,(H,11,15). The largest absolute Gasteiger partial charge is 0.424 e. The zero-order valence-corrected chi connectivity index (χ0v) is 10.9. The van der Waals surface area contributed by atoms with Gasteiger partial charge in [-0.15, -0.1) is 5.10 Å². The van der Waals surface area contributed by atoms with Gasteiger partial charge in [0.05, 0.1) is 5.69 Å². The number of tetrazole rings is 1. The molecule has 0 unspecified atom stereocenters. The molecule has 0 aliphatic carbocycles. The number of amides is 1. The van der Waals surface area contributed by atoms with E-state index in [4.69, 9.17) is 4.18 Å². The van der Waals surface area contributed by atoms with Crippen LogP contribution in [0.15, 0.2) is 30.6 Å². The zero-order valence-electron chi connectivity index (χ0n) is 9.31. The van der Waals surface area contributed by atoms with E-state index in [0.717, 1.165) is 16.8 Å². The topological polar surface area (TPSA) is 81.9 Å². The first-order valence-corrected chi connectivity index (χ1v) is 7.29. The van der Waals surface area contributed by atoms with Crippen molar-refractivity contribution in [3.63, 3.8) is 0 Å². The number of nitrogens with one attached hydrogen (secondary N) is 1. The van der Waals surface area contributed by atoms with Crippen molar-refractivity contribution in [2.24, 2.45) is 0 Å². The van der Waals surface area contributed by atoms with Crippen molar-refractivity contribution in [3.8, 4) is 5.69 Å². The second-order valence-corrected chi connectivity index (χ2v) is 5.08. The van der Waals surface area contributed by atoms with E-state index in [9.17, 15) is 4.79 Å². The van der Waals surface area contributed by atoms with Crippen molar-refractivity contribution >= 4 is 33.6 Å². The number of rotatable bonds is 4. The highest BCUT2D eigenvalue weighted by Gasteiger charge is 2.04. The lowest BCUT2D eigenvalue weighted by Crippen LogP contribution is -2.09. The molecular weight excluding hydrogens is 274 g/mol. The van der Waals surface area contributed by atoms with Crippen molar-refractivity contribution in [2.75, 3.05) is 11.6 Å². The van der Waals surface area contributed by atoms with E-state index >= 15 is 0 Å². The quantitative estimate of drug-likeness (QED) is 0.680. The summed E-state index contributed by atoms with van der Waals surface area (Å²) in [5.74, 6) is 0. The minimum atomic E-state index is -0.510. The highest BCUT2D eigenvalue weighted by Crippen LogP contribution is 2.19. The van der Waals surface area contributed by atoms with E-state index in [1.807, 2.05) is 6.26 Å². The number of aromatic nitrogens is 4. The first-order valence-electron chi connectivity index (χ1n) is 4.81. The van der Waals surface area contributed by atoms with Crippen molar-refractivity contribution in [2.45, 2.75) is 0 Å². The van der Waals surface area contributed by atoms with E-state index in [-0.39, 0.29) is 0 Å². The minimum Gasteiger partial charge on any atom is -0.363 e. The van der Waals surface area contributed by atoms with Gasteiger partial charge in [0.2, 0.25) is 0 Å². The maximum Gasteiger partial charge on any atom is 0.424 e. The summed E-state index contributed by atoms with van der Waals surface area (Å²) in [6.45, 7) is 0. The van der Waals surface area contributed by atoms with E-state index < -0.39 is 6.09 Å². The first kappa shape index (κ1) is 12.7. The van der Waals surface area contributed by atoms with Gasteiger partial charge in [-0.2, -0.15) is 0 Å². The molecule has 9 heteroatoms. The van der Waals surface area contributed by atoms with E-state index in [1.165, 1.54) is 21.8 Å². The number of nitrogens with zero attached hydrogens (tertiary/aromatic N) is 4. The van der Waals surface area contributed by atoms with E-state index in [1.54, 1.807) is 24.3 Å². The van der Waals surface area contributed by atoms with Gasteiger partial charge < -0.3 is 4.18 Å². The lowest BCUT2D eigenvalue weighted by molar-refractivity contribution is 0.223. The second kappa shape index (κ2) is 6.26. The van der Waals surface area contributed by atoms with Gasteiger partial charge in [-0.05, 0) is 40.9 Å². The summed E-state index contributed by atoms with van der Waals surface area (Å²) in [7, 11) is 1.35. The van der Waals surface area contributed by atoms with Crippen LogP contribution in [-0.4, -0.2) is 32.6 Å². The van der Waals surface area contributed by atoms with Crippen LogP contribution in [0, 0.1) is 0 Å². The van der Waals surface area contributed by atoms with Crippen LogP contribution in [0.4, 0.5) is 10.5 Å². The normalized spacial score (nSPS) is 10.1. The number of benzene rings is 1. The molecule has 0 saturated carbocycles. The number of carbonyl (C=O) groups is 1. The fourth-order valence-corrected chi connectivity index (χ4v) is 1.74. The van der Waals surface area contributed by atoms with Crippen molar-refractivity contribution in [1.29, 1.82) is 0 Å². The predicted molar refractivity (Wildman–Crippen MR) is 70.4 cm³/mol. The summed E-state index contributed by atoms with van der Waals surface area (Å²) in [5.41, 5.74) is 1.44. The molecule has 7 nitrogen and oxygen atoms in total. The molecule has 0 radical (unpaired) electrons. The third-order valence-corrected chi connectivity index (χ3v) is 2.87. The molecule has 0 fully saturated rings. The molecule has 18 heavy (non-hydrogen) atoms. The number of hydrogen-bond donors (Lipinski definition) is 1. The van der Waals surface area contributed by atoms with Gasteiger partial charge in [-0.1, -0.05) is 10.8 Å². The lowest BCUT2D eigenvalue weighted by Gasteiger charge is -2.05. The predicted octanol–water partition coefficient (Wildman–Crippen LogP) is 2.14. The van der Waals surface area contributed by atoms with Crippen LogP contribution in [0.2, 0.25) is 0 Å². The Balaban J connectivity index is 1.98. The molecule has 1 aromatic carbocycles. The van der Waals surface area contributed by atoms with Crippen LogP contribution >= 0.6 is 21.9 Å². The lowest BCUT2D eigenvalue weighted by atomic mass is 10.3. The summed E-state index contributed by atoms with van der Waals surface area (Å²) < 4.78 is 6.31. The van der Waals surface area contributed by atoms with Gasteiger partial charge >= 0.3 is 6.09 Å². The van der Waals surface area contributed by atoms with Crippen molar-refractivity contribution in [3.05, 3.63) is 30.6 Å². The number of hydrogen-bond acceptors (Lipinski definition) is 7. The van der Waals surface area contributed by atoms with Gasteiger partial charge in [0.15, 0.2) is 0 Å². The molecule has 0 aliphatic heterocycles. The Morgan fingerprint density at radius 2 is 2.17 bits per heavy atom. The Labute approximate surface area is 111 Å². The third kappa shape index (κ3) is 3.37. The molecule has 0 saturated heterocycles. The zero-order chi connectivity index (χ0) is 12.8. The summed E-state index contributed by atoms with van der Waals surface area (Å²) in [6.07, 6.45) is 2.80. The fourth-order valence-electron chi connectivity index (χ4n) is 1.18. The molecule has 2 aromatic rings. The first-order chi connectivity index (χ1) is 8.79. The average molecular weight is 283 g/mol. The monoisotopic (exact) mass is 283 g/mol. The molecule has 1 amide bonds. The van der Waals surface area contributed by atoms with Crippen LogP contribution in [0.25, 0.3) is 5.69 Å². The van der Waals surface area contributed by atoms with Gasteiger partial charge in [0.25, 0.3) is 0 Å². The Morgan fingerprint density at radius 3 is 2.78 bits per heavy atom. The fraction of sp³-hybridized carbons (Fsp3) is 0.111. The maximum absolute atomic E-state index is 11.3. The average Bonchev–Trinajstić information content (AvgIpc) is 2.91. The SMILES string of the molecule is CSSOC(=O)Nc1ccc(-n2cnnn2)cc1. The Morgan fingerprint density at radius 1 is 1.39 bits per heavy atom. The molecule has 1 N–H and O–H groups in total. The Kier molecular flexibility index (Phi) is 4.42. The minimum absolute atomic E-state index is 0.510. The number of anilines is 1. The molecule has 0 bridgehead atoms. The van der Waals surface area contributed by atoms with E-state index in [2.05, 4.69) is 20.8 Å². The molecule has 0 atom stereocenters. The van der Waals surface area contributed by atoms with Crippen LogP contribution in [0.1, 0.15) is 0 Å². The van der Waals surface area contributed by atoms with Crippen molar-refractivity contribution < 1.29 is 8.98 Å². The molecule has 0 spiro atoms. The molecule has 0 aliphatic rings. The van der Waals surface area contributed by atoms with Gasteiger partial charge in [0, 0.05) is 5.69 Å². The van der Waals surface area contributed by atoms with Crippen LogP contribution < -0.4 is 5.32 Å². The molecule has 1 aromatic heterocycles. The van der Waals surface area contributed by atoms with E-state index in [0.29, 0.717) is 5.69 Å². The highest BCUT2D eigenvalue weighted by atomic mass is 33.1. The summed E-state index contributed by atoms with van der Waals surface area (Å²) in [6, 6.07) is 7.05. The second-order valence-electron chi connectivity index (χ2n) is 3.03. The third-order valence-electron chi connectivity index (χ3n) is 1.91. The molecule has 94 valence electrons. The Hall–Kier alpha value is -1.74. The van der Waals surface area contributed by atoms with Gasteiger partial charge in [-0.3, -0.25) is 5.32 Å². The number of carbonyl (C=O) groups excluding carboxylic acids is 1. The maximum atomic E-state index is 11.3. The molecular formula is C9H9N5O2S2.